The average molecular weight is 492 g/mol. The second-order valence-corrected chi connectivity index (χ2v) is 9.30. The molecule has 1 fully saturated rings. The van der Waals surface area contributed by atoms with Gasteiger partial charge in [-0.1, -0.05) is 66.7 Å². The first-order chi connectivity index (χ1) is 17.4. The Kier molecular flexibility index (Phi) is 6.59. The van der Waals surface area contributed by atoms with Crippen molar-refractivity contribution in [1.82, 2.24) is 15.1 Å². The number of rotatable bonds is 5. The summed E-state index contributed by atoms with van der Waals surface area (Å²) in [6.45, 7) is 0.0717. The number of halogens is 2. The van der Waals surface area contributed by atoms with E-state index in [1.807, 2.05) is 54.6 Å². The third kappa shape index (κ3) is 5.03. The van der Waals surface area contributed by atoms with Crippen molar-refractivity contribution in [2.45, 2.75) is 24.7 Å². The Bertz CT molecular complexity index is 1230. The second kappa shape index (κ2) is 9.97. The lowest BCUT2D eigenvalue weighted by atomic mass is 9.88. The number of likely N-dealkylation sites (tertiary alicyclic amines) is 1. The maximum Gasteiger partial charge on any atom is 0.407 e. The maximum absolute atomic E-state index is 15.2. The van der Waals surface area contributed by atoms with Gasteiger partial charge in [-0.2, -0.15) is 0 Å². The van der Waals surface area contributed by atoms with Crippen molar-refractivity contribution in [2.75, 3.05) is 26.2 Å². The molecule has 5 rings (SSSR count). The first-order valence-corrected chi connectivity index (χ1v) is 11.9. The summed E-state index contributed by atoms with van der Waals surface area (Å²) < 4.78 is 33.9. The third-order valence-corrected chi connectivity index (χ3v) is 6.70. The summed E-state index contributed by atoms with van der Waals surface area (Å²) in [5.74, 6) is -0.347. The lowest BCUT2D eigenvalue weighted by Crippen LogP contribution is -2.67. The molecule has 2 heterocycles. The van der Waals surface area contributed by atoms with E-state index in [9.17, 15) is 14.0 Å². The fraction of sp³-hybridized carbons (Fsp3) is 0.286. The predicted molar refractivity (Wildman–Crippen MR) is 131 cm³/mol. The van der Waals surface area contributed by atoms with Gasteiger partial charge >= 0.3 is 12.1 Å². The summed E-state index contributed by atoms with van der Waals surface area (Å²) in [7, 11) is 0. The summed E-state index contributed by atoms with van der Waals surface area (Å²) in [5.41, 5.74) is 2.03. The zero-order valence-electron chi connectivity index (χ0n) is 19.7. The minimum Gasteiger partial charge on any atom is -0.445 e. The number of amides is 3. The normalized spacial score (nSPS) is 18.1. The van der Waals surface area contributed by atoms with Gasteiger partial charge in [0.1, 0.15) is 12.4 Å². The fourth-order valence-corrected chi connectivity index (χ4v) is 4.85. The third-order valence-electron chi connectivity index (χ3n) is 6.70. The lowest BCUT2D eigenvalue weighted by molar-refractivity contribution is -0.0167. The highest BCUT2D eigenvalue weighted by Gasteiger charge is 2.48. The van der Waals surface area contributed by atoms with Gasteiger partial charge in [-0.05, 0) is 40.8 Å². The van der Waals surface area contributed by atoms with Crippen molar-refractivity contribution in [3.63, 3.8) is 0 Å². The van der Waals surface area contributed by atoms with Gasteiger partial charge < -0.3 is 19.9 Å². The van der Waals surface area contributed by atoms with Crippen molar-refractivity contribution < 1.29 is 23.1 Å². The van der Waals surface area contributed by atoms with Crippen LogP contribution in [0.2, 0.25) is 0 Å². The van der Waals surface area contributed by atoms with Crippen LogP contribution in [0.3, 0.4) is 0 Å². The predicted octanol–water partition coefficient (Wildman–Crippen LogP) is 4.84. The van der Waals surface area contributed by atoms with E-state index in [1.165, 1.54) is 17.0 Å². The molecule has 2 aliphatic rings. The number of alkyl halides is 1. The molecule has 3 amide bonds. The molecular weight excluding hydrogens is 464 g/mol. The Morgan fingerprint density at radius 1 is 0.972 bits per heavy atom. The van der Waals surface area contributed by atoms with Gasteiger partial charge in [0.2, 0.25) is 0 Å². The molecule has 0 aromatic heterocycles. The van der Waals surface area contributed by atoms with Crippen LogP contribution in [0.5, 0.6) is 0 Å². The molecule has 2 aliphatic heterocycles. The second-order valence-electron chi connectivity index (χ2n) is 9.30. The SMILES string of the molecule is O=C(NCC1(F)CN(C(=O)N2CCc3ccccc3[C@@H]2c2ccc(F)cc2)C1)OCc1ccccc1. The van der Waals surface area contributed by atoms with Crippen LogP contribution >= 0.6 is 0 Å². The summed E-state index contributed by atoms with van der Waals surface area (Å²) >= 11 is 0. The van der Waals surface area contributed by atoms with E-state index in [1.54, 1.807) is 17.0 Å². The molecule has 0 radical (unpaired) electrons. The van der Waals surface area contributed by atoms with E-state index in [4.69, 9.17) is 4.74 Å². The van der Waals surface area contributed by atoms with Gasteiger partial charge in [0, 0.05) is 6.54 Å². The monoisotopic (exact) mass is 491 g/mol. The maximum atomic E-state index is 15.2. The molecular formula is C28H27F2N3O3. The highest BCUT2D eigenvalue weighted by atomic mass is 19.1. The zero-order chi connectivity index (χ0) is 25.1. The van der Waals surface area contributed by atoms with Crippen molar-refractivity contribution in [2.24, 2.45) is 0 Å². The van der Waals surface area contributed by atoms with Crippen LogP contribution in [0.4, 0.5) is 18.4 Å². The van der Waals surface area contributed by atoms with Crippen LogP contribution in [-0.2, 0) is 17.8 Å². The number of urea groups is 1. The molecule has 0 aliphatic carbocycles. The topological polar surface area (TPSA) is 61.9 Å². The van der Waals surface area contributed by atoms with Crippen molar-refractivity contribution >= 4 is 12.1 Å². The number of nitrogens with one attached hydrogen (secondary N) is 1. The summed E-state index contributed by atoms with van der Waals surface area (Å²) in [6.07, 6.45) is -0.0205. The van der Waals surface area contributed by atoms with Crippen LogP contribution in [0.25, 0.3) is 0 Å². The molecule has 3 aromatic rings. The highest BCUT2D eigenvalue weighted by molar-refractivity contribution is 5.77. The number of fused-ring (bicyclic) bond motifs is 1. The number of nitrogens with zero attached hydrogens (tertiary/aromatic N) is 2. The molecule has 1 atom stereocenters. The number of carbonyl (C=O) groups is 2. The summed E-state index contributed by atoms with van der Waals surface area (Å²) in [5, 5.41) is 2.46. The van der Waals surface area contributed by atoms with Crippen LogP contribution in [0, 0.1) is 5.82 Å². The number of carbonyl (C=O) groups excluding carboxylic acids is 2. The zero-order valence-corrected chi connectivity index (χ0v) is 19.7. The van der Waals surface area contributed by atoms with Gasteiger partial charge in [-0.15, -0.1) is 0 Å². The Morgan fingerprint density at radius 2 is 1.67 bits per heavy atom. The van der Waals surface area contributed by atoms with Gasteiger partial charge in [0.05, 0.1) is 25.7 Å². The smallest absolute Gasteiger partial charge is 0.407 e. The van der Waals surface area contributed by atoms with E-state index >= 15 is 4.39 Å². The van der Waals surface area contributed by atoms with Crippen molar-refractivity contribution in [3.05, 3.63) is 107 Å². The molecule has 0 saturated carbocycles. The standard InChI is InChI=1S/C28H27F2N3O3/c29-23-12-10-22(11-13-23)25-24-9-5-4-8-21(24)14-15-33(25)27(35)32-18-28(30,19-32)17-31-26(34)36-16-20-6-2-1-3-7-20/h1-13,25H,14-19H2,(H,31,34)/t25-/m0/s1. The molecule has 8 heteroatoms. The number of hydrogen-bond acceptors (Lipinski definition) is 3. The number of ether oxygens (including phenoxy) is 1. The van der Waals surface area contributed by atoms with E-state index in [0.29, 0.717) is 13.0 Å². The quantitative estimate of drug-likeness (QED) is 0.556. The molecule has 6 nitrogen and oxygen atoms in total. The molecule has 36 heavy (non-hydrogen) atoms. The first-order valence-electron chi connectivity index (χ1n) is 11.9. The molecule has 0 bridgehead atoms. The van der Waals surface area contributed by atoms with E-state index in [2.05, 4.69) is 5.32 Å². The number of hydrogen-bond donors (Lipinski definition) is 1. The number of alkyl carbamates (subject to hydrolysis) is 1. The van der Waals surface area contributed by atoms with Crippen LogP contribution in [0.1, 0.15) is 28.3 Å². The average Bonchev–Trinajstić information content (AvgIpc) is 2.89. The lowest BCUT2D eigenvalue weighted by Gasteiger charge is -2.48. The van der Waals surface area contributed by atoms with Crippen LogP contribution in [0.15, 0.2) is 78.9 Å². The molecule has 0 unspecified atom stereocenters. The molecule has 3 aromatic carbocycles. The Morgan fingerprint density at radius 3 is 2.42 bits per heavy atom. The molecule has 1 saturated heterocycles. The molecule has 0 spiro atoms. The molecule has 1 N–H and O–H groups in total. The van der Waals surface area contributed by atoms with Crippen molar-refractivity contribution in [1.29, 1.82) is 0 Å². The van der Waals surface area contributed by atoms with Crippen LogP contribution in [-0.4, -0.2) is 53.8 Å². The van der Waals surface area contributed by atoms with Crippen molar-refractivity contribution in [3.8, 4) is 0 Å². The Labute approximate surface area is 208 Å². The first kappa shape index (κ1) is 23.8. The highest BCUT2D eigenvalue weighted by Crippen LogP contribution is 2.37. The Hall–Kier alpha value is -3.94. The molecule has 186 valence electrons. The van der Waals surface area contributed by atoms with E-state index in [-0.39, 0.29) is 44.1 Å². The minimum atomic E-state index is -1.72. The van der Waals surface area contributed by atoms with Gasteiger partial charge in [0.15, 0.2) is 5.67 Å². The minimum absolute atomic E-state index is 0.0950. The Balaban J connectivity index is 1.20. The summed E-state index contributed by atoms with van der Waals surface area (Å²) in [4.78, 5) is 28.6. The fourth-order valence-electron chi connectivity index (χ4n) is 4.85. The van der Waals surface area contributed by atoms with Gasteiger partial charge in [0.25, 0.3) is 0 Å². The van der Waals surface area contributed by atoms with Gasteiger partial charge in [-0.25, -0.2) is 18.4 Å². The van der Waals surface area contributed by atoms with E-state index < -0.39 is 11.8 Å². The summed E-state index contributed by atoms with van der Waals surface area (Å²) in [6, 6.07) is 22.6. The van der Waals surface area contributed by atoms with E-state index in [0.717, 1.165) is 22.3 Å². The van der Waals surface area contributed by atoms with Gasteiger partial charge in [-0.3, -0.25) is 0 Å². The largest absolute Gasteiger partial charge is 0.445 e. The van der Waals surface area contributed by atoms with Crippen LogP contribution < -0.4 is 5.32 Å². The number of benzene rings is 3.